The minimum absolute atomic E-state index is 0.0967. The molecule has 2 N–H and O–H groups in total. The fraction of sp³-hybridized carbons (Fsp3) is 0.278. The van der Waals surface area contributed by atoms with Crippen molar-refractivity contribution < 1.29 is 27.1 Å². The summed E-state index contributed by atoms with van der Waals surface area (Å²) in [6.07, 6.45) is 0. The zero-order valence-electron chi connectivity index (χ0n) is 15.2. The third kappa shape index (κ3) is 5.85. The topological polar surface area (TPSA) is 93.7 Å². The van der Waals surface area contributed by atoms with Gasteiger partial charge in [-0.05, 0) is 30.3 Å². The molecule has 0 saturated carbocycles. The Morgan fingerprint density at radius 1 is 1.15 bits per heavy atom. The molecular formula is C18H21FN2O5S. The molecule has 0 aliphatic heterocycles. The number of carbonyl (C=O) groups is 1. The van der Waals surface area contributed by atoms with Gasteiger partial charge in [-0.1, -0.05) is 13.0 Å². The Kier molecular flexibility index (Phi) is 6.62. The molecule has 0 aromatic heterocycles. The van der Waals surface area contributed by atoms with E-state index in [9.17, 15) is 17.6 Å². The van der Waals surface area contributed by atoms with Crippen LogP contribution < -0.4 is 19.5 Å². The van der Waals surface area contributed by atoms with Crippen LogP contribution in [-0.2, 0) is 14.8 Å². The summed E-state index contributed by atoms with van der Waals surface area (Å²) >= 11 is 0. The first kappa shape index (κ1) is 20.5. The second kappa shape index (κ2) is 8.72. The second-order valence-electron chi connectivity index (χ2n) is 5.85. The molecule has 0 radical (unpaired) electrons. The lowest BCUT2D eigenvalue weighted by atomic mass is 10.2. The summed E-state index contributed by atoms with van der Waals surface area (Å²) in [6.45, 7) is 1.48. The largest absolute Gasteiger partial charge is 0.497 e. The lowest BCUT2D eigenvalue weighted by Crippen LogP contribution is -2.30. The van der Waals surface area contributed by atoms with Gasteiger partial charge in [0.2, 0.25) is 15.9 Å². The first-order valence-corrected chi connectivity index (χ1v) is 9.68. The number of rotatable bonds is 8. The summed E-state index contributed by atoms with van der Waals surface area (Å²) in [5.74, 6) is -1.44. The molecule has 0 aliphatic carbocycles. The van der Waals surface area contributed by atoms with E-state index in [1.165, 1.54) is 39.3 Å². The molecule has 27 heavy (non-hydrogen) atoms. The first-order valence-electron chi connectivity index (χ1n) is 8.03. The van der Waals surface area contributed by atoms with Crippen molar-refractivity contribution in [1.29, 1.82) is 0 Å². The number of halogens is 1. The molecule has 1 atom stereocenters. The molecule has 0 bridgehead atoms. The van der Waals surface area contributed by atoms with Gasteiger partial charge in [-0.2, -0.15) is 0 Å². The van der Waals surface area contributed by atoms with E-state index in [1.807, 2.05) is 0 Å². The van der Waals surface area contributed by atoms with Crippen LogP contribution in [0.2, 0.25) is 0 Å². The summed E-state index contributed by atoms with van der Waals surface area (Å²) in [6, 6.07) is 9.92. The molecule has 7 nitrogen and oxygen atoms in total. The maximum Gasteiger partial charge on any atom is 0.233 e. The summed E-state index contributed by atoms with van der Waals surface area (Å²) in [7, 11) is -0.892. The summed E-state index contributed by atoms with van der Waals surface area (Å²) in [4.78, 5) is 12.4. The van der Waals surface area contributed by atoms with Gasteiger partial charge in [0.15, 0.2) is 0 Å². The van der Waals surface area contributed by atoms with Crippen LogP contribution >= 0.6 is 0 Å². The van der Waals surface area contributed by atoms with Crippen molar-refractivity contribution in [1.82, 2.24) is 0 Å². The van der Waals surface area contributed by atoms with E-state index in [2.05, 4.69) is 10.0 Å². The monoisotopic (exact) mass is 396 g/mol. The number of nitrogens with one attached hydrogen (secondary N) is 2. The van der Waals surface area contributed by atoms with E-state index < -0.39 is 33.4 Å². The quantitative estimate of drug-likeness (QED) is 0.716. The predicted octanol–water partition coefficient (Wildman–Crippen LogP) is 2.86. The zero-order valence-corrected chi connectivity index (χ0v) is 16.0. The second-order valence-corrected chi connectivity index (χ2v) is 7.62. The SMILES string of the molecule is COc1ccc(NC(=O)C(C)CS(=O)(=O)Nc2cccc(F)c2)c(OC)c1. The average Bonchev–Trinajstić information content (AvgIpc) is 2.61. The summed E-state index contributed by atoms with van der Waals surface area (Å²) < 4.78 is 50.2. The van der Waals surface area contributed by atoms with E-state index in [0.29, 0.717) is 17.2 Å². The van der Waals surface area contributed by atoms with Crippen molar-refractivity contribution in [2.75, 3.05) is 30.0 Å². The first-order chi connectivity index (χ1) is 12.7. The molecule has 0 saturated heterocycles. The fourth-order valence-electron chi connectivity index (χ4n) is 2.34. The average molecular weight is 396 g/mol. The number of anilines is 2. The van der Waals surface area contributed by atoms with Gasteiger partial charge in [0.1, 0.15) is 17.3 Å². The van der Waals surface area contributed by atoms with Crippen LogP contribution in [0, 0.1) is 11.7 Å². The van der Waals surface area contributed by atoms with E-state index in [0.717, 1.165) is 6.07 Å². The summed E-state index contributed by atoms with van der Waals surface area (Å²) in [5, 5.41) is 2.64. The van der Waals surface area contributed by atoms with Crippen LogP contribution in [0.5, 0.6) is 11.5 Å². The Balaban J connectivity index is 2.04. The number of methoxy groups -OCH3 is 2. The van der Waals surface area contributed by atoms with Gasteiger partial charge in [-0.3, -0.25) is 9.52 Å². The molecule has 146 valence electrons. The van der Waals surface area contributed by atoms with Gasteiger partial charge in [0.25, 0.3) is 0 Å². The molecule has 0 heterocycles. The van der Waals surface area contributed by atoms with E-state index in [1.54, 1.807) is 18.2 Å². The highest BCUT2D eigenvalue weighted by Crippen LogP contribution is 2.29. The van der Waals surface area contributed by atoms with E-state index in [-0.39, 0.29) is 5.69 Å². The fourth-order valence-corrected chi connectivity index (χ4v) is 3.71. The Morgan fingerprint density at radius 2 is 1.89 bits per heavy atom. The highest BCUT2D eigenvalue weighted by Gasteiger charge is 2.23. The van der Waals surface area contributed by atoms with E-state index >= 15 is 0 Å². The van der Waals surface area contributed by atoms with Crippen LogP contribution in [0.1, 0.15) is 6.92 Å². The Morgan fingerprint density at radius 3 is 2.52 bits per heavy atom. The van der Waals surface area contributed by atoms with Crippen LogP contribution in [0.3, 0.4) is 0 Å². The van der Waals surface area contributed by atoms with Gasteiger partial charge in [-0.15, -0.1) is 0 Å². The van der Waals surface area contributed by atoms with Crippen LogP contribution in [-0.4, -0.2) is 34.3 Å². The third-order valence-electron chi connectivity index (χ3n) is 3.68. The van der Waals surface area contributed by atoms with Crippen molar-refractivity contribution in [3.05, 3.63) is 48.3 Å². The normalized spacial score (nSPS) is 12.1. The van der Waals surface area contributed by atoms with Gasteiger partial charge in [-0.25, -0.2) is 12.8 Å². The van der Waals surface area contributed by atoms with Crippen molar-refractivity contribution >= 4 is 27.3 Å². The number of ether oxygens (including phenoxy) is 2. The zero-order chi connectivity index (χ0) is 20.0. The maximum absolute atomic E-state index is 13.2. The summed E-state index contributed by atoms with van der Waals surface area (Å²) in [5.41, 5.74) is 0.491. The minimum atomic E-state index is -3.84. The van der Waals surface area contributed by atoms with Gasteiger partial charge >= 0.3 is 0 Å². The van der Waals surface area contributed by atoms with Crippen molar-refractivity contribution in [2.45, 2.75) is 6.92 Å². The van der Waals surface area contributed by atoms with Crippen molar-refractivity contribution in [2.24, 2.45) is 5.92 Å². The Bertz CT molecular complexity index is 918. The lowest BCUT2D eigenvalue weighted by Gasteiger charge is -2.16. The minimum Gasteiger partial charge on any atom is -0.497 e. The molecule has 0 aliphatic rings. The Hall–Kier alpha value is -2.81. The number of carbonyl (C=O) groups excluding carboxylic acids is 1. The molecule has 2 aromatic rings. The number of hydrogen-bond acceptors (Lipinski definition) is 5. The van der Waals surface area contributed by atoms with Crippen molar-refractivity contribution in [3.8, 4) is 11.5 Å². The van der Waals surface area contributed by atoms with Gasteiger partial charge in [0.05, 0.1) is 37.3 Å². The molecule has 0 spiro atoms. The third-order valence-corrected chi connectivity index (χ3v) is 5.17. The molecule has 2 aromatic carbocycles. The van der Waals surface area contributed by atoms with Gasteiger partial charge in [0, 0.05) is 6.07 Å². The highest BCUT2D eigenvalue weighted by atomic mass is 32.2. The predicted molar refractivity (Wildman–Crippen MR) is 101 cm³/mol. The number of hydrogen-bond donors (Lipinski definition) is 2. The molecule has 1 unspecified atom stereocenters. The lowest BCUT2D eigenvalue weighted by molar-refractivity contribution is -0.118. The van der Waals surface area contributed by atoms with E-state index in [4.69, 9.17) is 9.47 Å². The standard InChI is InChI=1S/C18H21FN2O5S/c1-12(11-27(23,24)21-14-6-4-5-13(19)9-14)18(22)20-16-8-7-15(25-2)10-17(16)26-3/h4-10,12,21H,11H2,1-3H3,(H,20,22). The van der Waals surface area contributed by atoms with Crippen LogP contribution in [0.25, 0.3) is 0 Å². The van der Waals surface area contributed by atoms with Crippen LogP contribution in [0.15, 0.2) is 42.5 Å². The number of sulfonamides is 1. The molecule has 0 fully saturated rings. The maximum atomic E-state index is 13.2. The van der Waals surface area contributed by atoms with Crippen molar-refractivity contribution in [3.63, 3.8) is 0 Å². The molecule has 1 amide bonds. The number of amides is 1. The highest BCUT2D eigenvalue weighted by molar-refractivity contribution is 7.92. The van der Waals surface area contributed by atoms with Crippen LogP contribution in [0.4, 0.5) is 15.8 Å². The number of benzene rings is 2. The molecule has 2 rings (SSSR count). The smallest absolute Gasteiger partial charge is 0.233 e. The molecular weight excluding hydrogens is 375 g/mol. The molecule has 9 heteroatoms. The Labute approximate surface area is 157 Å². The van der Waals surface area contributed by atoms with Gasteiger partial charge < -0.3 is 14.8 Å².